The van der Waals surface area contributed by atoms with Crippen molar-refractivity contribution in [1.29, 1.82) is 0 Å². The van der Waals surface area contributed by atoms with Crippen molar-refractivity contribution in [3.8, 4) is 5.75 Å². The highest BCUT2D eigenvalue weighted by molar-refractivity contribution is 7.22. The Morgan fingerprint density at radius 2 is 2.19 bits per heavy atom. The van der Waals surface area contributed by atoms with E-state index in [1.165, 1.54) is 11.3 Å². The van der Waals surface area contributed by atoms with Crippen LogP contribution in [0.15, 0.2) is 42.5 Å². The summed E-state index contributed by atoms with van der Waals surface area (Å²) in [6, 6.07) is 13.4. The maximum atomic E-state index is 12.3. The van der Waals surface area contributed by atoms with Crippen molar-refractivity contribution in [2.45, 2.75) is 19.3 Å². The maximum Gasteiger partial charge on any atom is 0.227 e. The van der Waals surface area contributed by atoms with Crippen LogP contribution < -0.4 is 15.4 Å². The van der Waals surface area contributed by atoms with E-state index in [4.69, 9.17) is 4.74 Å². The molecule has 0 fully saturated rings. The maximum absolute atomic E-state index is 12.3. The van der Waals surface area contributed by atoms with Crippen LogP contribution in [-0.4, -0.2) is 23.9 Å². The quantitative estimate of drug-likeness (QED) is 0.704. The van der Waals surface area contributed by atoms with E-state index in [2.05, 4.69) is 15.6 Å². The topological polar surface area (TPSA) is 80.3 Å². The summed E-state index contributed by atoms with van der Waals surface area (Å²) < 4.78 is 6.16. The molecule has 0 aliphatic carbocycles. The Morgan fingerprint density at radius 3 is 3.04 bits per heavy atom. The smallest absolute Gasteiger partial charge is 0.227 e. The van der Waals surface area contributed by atoms with Gasteiger partial charge in [-0.3, -0.25) is 9.59 Å². The fourth-order valence-corrected chi connectivity index (χ4v) is 4.13. The first-order valence-electron chi connectivity index (χ1n) is 8.75. The van der Waals surface area contributed by atoms with E-state index in [1.54, 1.807) is 7.11 Å². The van der Waals surface area contributed by atoms with Gasteiger partial charge in [0.15, 0.2) is 5.13 Å². The third-order valence-electron chi connectivity index (χ3n) is 4.67. The van der Waals surface area contributed by atoms with Crippen LogP contribution in [0.1, 0.15) is 18.4 Å². The first-order chi connectivity index (χ1) is 13.1. The normalized spacial score (nSPS) is 15.9. The number of para-hydroxylation sites is 1. The fourth-order valence-electron chi connectivity index (χ4n) is 3.22. The minimum Gasteiger partial charge on any atom is -0.497 e. The van der Waals surface area contributed by atoms with Crippen molar-refractivity contribution in [2.24, 2.45) is 5.92 Å². The highest BCUT2D eigenvalue weighted by Crippen LogP contribution is 2.30. The van der Waals surface area contributed by atoms with Crippen molar-refractivity contribution in [2.75, 3.05) is 17.7 Å². The van der Waals surface area contributed by atoms with E-state index in [0.717, 1.165) is 27.2 Å². The summed E-state index contributed by atoms with van der Waals surface area (Å²) in [6.07, 6.45) is 1.44. The number of hydrogen-bond donors (Lipinski definition) is 2. The van der Waals surface area contributed by atoms with Crippen LogP contribution in [-0.2, 0) is 16.0 Å². The minimum absolute atomic E-state index is 0.0198. The number of nitrogens with zero attached hydrogens (tertiary/aromatic N) is 1. The standard InChI is InChI=1S/C20H19N3O3S/c1-26-14-7-8-16-17(11-14)27-20(22-16)23-18(24)9-6-13-10-12-4-2-3-5-15(12)21-19(13)25/h2-5,7-8,11,13H,6,9-10H2,1H3,(H,21,25)(H,22,23,24). The average molecular weight is 381 g/mol. The molecular weight excluding hydrogens is 362 g/mol. The zero-order chi connectivity index (χ0) is 18.8. The summed E-state index contributed by atoms with van der Waals surface area (Å²) in [5.74, 6) is 0.416. The van der Waals surface area contributed by atoms with Gasteiger partial charge in [-0.15, -0.1) is 0 Å². The van der Waals surface area contributed by atoms with Crippen molar-refractivity contribution < 1.29 is 14.3 Å². The van der Waals surface area contributed by atoms with Crippen LogP contribution >= 0.6 is 11.3 Å². The Morgan fingerprint density at radius 1 is 1.33 bits per heavy atom. The molecule has 0 saturated carbocycles. The van der Waals surface area contributed by atoms with Crippen molar-refractivity contribution in [1.82, 2.24) is 4.98 Å². The number of amides is 2. The molecule has 27 heavy (non-hydrogen) atoms. The number of aromatic nitrogens is 1. The molecule has 1 aromatic heterocycles. The van der Waals surface area contributed by atoms with Crippen LogP contribution in [0.2, 0.25) is 0 Å². The Balaban J connectivity index is 1.37. The molecule has 0 saturated heterocycles. The zero-order valence-electron chi connectivity index (χ0n) is 14.8. The molecule has 0 spiro atoms. The molecule has 2 N–H and O–H groups in total. The lowest BCUT2D eigenvalue weighted by Crippen LogP contribution is -2.30. The Bertz CT molecular complexity index is 1010. The lowest BCUT2D eigenvalue weighted by Gasteiger charge is -2.24. The van der Waals surface area contributed by atoms with Gasteiger partial charge in [0.1, 0.15) is 5.75 Å². The van der Waals surface area contributed by atoms with Gasteiger partial charge in [-0.25, -0.2) is 4.98 Å². The van der Waals surface area contributed by atoms with Crippen molar-refractivity contribution in [3.63, 3.8) is 0 Å². The summed E-state index contributed by atoms with van der Waals surface area (Å²) in [5.41, 5.74) is 2.80. The molecule has 4 rings (SSSR count). The lowest BCUT2D eigenvalue weighted by molar-refractivity contribution is -0.121. The van der Waals surface area contributed by atoms with E-state index in [9.17, 15) is 9.59 Å². The van der Waals surface area contributed by atoms with E-state index in [-0.39, 0.29) is 24.2 Å². The number of rotatable bonds is 5. The van der Waals surface area contributed by atoms with Gasteiger partial charge in [0.05, 0.1) is 17.3 Å². The van der Waals surface area contributed by atoms with E-state index < -0.39 is 0 Å². The molecule has 138 valence electrons. The van der Waals surface area contributed by atoms with E-state index >= 15 is 0 Å². The van der Waals surface area contributed by atoms with Crippen LogP contribution in [0.5, 0.6) is 5.75 Å². The van der Waals surface area contributed by atoms with Gasteiger partial charge in [-0.05, 0) is 42.7 Å². The van der Waals surface area contributed by atoms with Gasteiger partial charge < -0.3 is 15.4 Å². The zero-order valence-corrected chi connectivity index (χ0v) is 15.6. The summed E-state index contributed by atoms with van der Waals surface area (Å²) >= 11 is 1.41. The van der Waals surface area contributed by atoms with Crippen LogP contribution in [0.3, 0.4) is 0 Å². The number of anilines is 2. The van der Waals surface area contributed by atoms with Crippen molar-refractivity contribution >= 4 is 44.2 Å². The first-order valence-corrected chi connectivity index (χ1v) is 9.57. The number of carbonyl (C=O) groups excluding carboxylic acids is 2. The number of fused-ring (bicyclic) bond motifs is 2. The molecule has 2 heterocycles. The summed E-state index contributed by atoms with van der Waals surface area (Å²) in [7, 11) is 1.62. The second-order valence-corrected chi connectivity index (χ2v) is 7.52. The van der Waals surface area contributed by atoms with Crippen LogP contribution in [0.4, 0.5) is 10.8 Å². The number of methoxy groups -OCH3 is 1. The molecular formula is C20H19N3O3S. The van der Waals surface area contributed by atoms with E-state index in [0.29, 0.717) is 18.0 Å². The van der Waals surface area contributed by atoms with Crippen LogP contribution in [0.25, 0.3) is 10.2 Å². The number of nitrogens with one attached hydrogen (secondary N) is 2. The largest absolute Gasteiger partial charge is 0.497 e. The second-order valence-electron chi connectivity index (χ2n) is 6.49. The lowest BCUT2D eigenvalue weighted by atomic mass is 9.89. The monoisotopic (exact) mass is 381 g/mol. The SMILES string of the molecule is COc1ccc2nc(NC(=O)CCC3Cc4ccccc4NC3=O)sc2c1. The average Bonchev–Trinajstić information content (AvgIpc) is 3.07. The van der Waals surface area contributed by atoms with Crippen LogP contribution in [0, 0.1) is 5.92 Å². The molecule has 3 aromatic rings. The third-order valence-corrected chi connectivity index (χ3v) is 5.61. The Hall–Kier alpha value is -2.93. The number of carbonyl (C=O) groups is 2. The summed E-state index contributed by atoms with van der Waals surface area (Å²) in [5, 5.41) is 6.31. The number of hydrogen-bond acceptors (Lipinski definition) is 5. The number of thiazole rings is 1. The van der Waals surface area contributed by atoms with Gasteiger partial charge in [0.25, 0.3) is 0 Å². The predicted octanol–water partition coefficient (Wildman–Crippen LogP) is 3.83. The molecule has 0 radical (unpaired) electrons. The summed E-state index contributed by atoms with van der Waals surface area (Å²) in [4.78, 5) is 29.0. The first kappa shape index (κ1) is 17.5. The van der Waals surface area contributed by atoms with Gasteiger partial charge in [-0.1, -0.05) is 29.5 Å². The second kappa shape index (κ2) is 7.36. The number of ether oxygens (including phenoxy) is 1. The minimum atomic E-state index is -0.190. The number of benzene rings is 2. The van der Waals surface area contributed by atoms with Gasteiger partial charge in [0.2, 0.25) is 11.8 Å². The molecule has 1 atom stereocenters. The molecule has 1 unspecified atom stereocenters. The fraction of sp³-hybridized carbons (Fsp3) is 0.250. The molecule has 2 aromatic carbocycles. The molecule has 0 bridgehead atoms. The molecule has 2 amide bonds. The molecule has 7 heteroatoms. The molecule has 1 aliphatic heterocycles. The summed E-state index contributed by atoms with van der Waals surface area (Å²) in [6.45, 7) is 0. The van der Waals surface area contributed by atoms with E-state index in [1.807, 2.05) is 42.5 Å². The Labute approximate surface area is 160 Å². The highest BCUT2D eigenvalue weighted by atomic mass is 32.1. The highest BCUT2D eigenvalue weighted by Gasteiger charge is 2.26. The Kier molecular flexibility index (Phi) is 4.77. The molecule has 1 aliphatic rings. The van der Waals surface area contributed by atoms with Crippen molar-refractivity contribution in [3.05, 3.63) is 48.0 Å². The van der Waals surface area contributed by atoms with Gasteiger partial charge >= 0.3 is 0 Å². The molecule has 6 nitrogen and oxygen atoms in total. The predicted molar refractivity (Wildman–Crippen MR) is 106 cm³/mol. The van der Waals surface area contributed by atoms with Gasteiger partial charge in [-0.2, -0.15) is 0 Å². The third kappa shape index (κ3) is 3.78. The van der Waals surface area contributed by atoms with Gasteiger partial charge in [0, 0.05) is 18.0 Å².